The normalized spacial score (nSPS) is 10.8. The monoisotopic (exact) mass is 283 g/mol. The van der Waals surface area contributed by atoms with Gasteiger partial charge in [-0.05, 0) is 37.6 Å². The minimum Gasteiger partial charge on any atom is -0.478 e. The van der Waals surface area contributed by atoms with Gasteiger partial charge in [-0.25, -0.2) is 9.78 Å². The third kappa shape index (κ3) is 2.29. The SMILES string of the molecule is Cc1cc(Nc2nccn3c(C)nnc23)ccc1C(=O)O. The Labute approximate surface area is 120 Å². The van der Waals surface area contributed by atoms with Crippen LogP contribution >= 0.6 is 0 Å². The number of aromatic carboxylic acids is 1. The molecular formula is C14H13N5O2. The molecule has 3 rings (SSSR count). The zero-order chi connectivity index (χ0) is 15.0. The van der Waals surface area contributed by atoms with E-state index in [0.717, 1.165) is 11.5 Å². The van der Waals surface area contributed by atoms with E-state index < -0.39 is 5.97 Å². The van der Waals surface area contributed by atoms with Crippen LogP contribution in [0.2, 0.25) is 0 Å². The molecule has 7 nitrogen and oxygen atoms in total. The lowest BCUT2D eigenvalue weighted by atomic mass is 10.1. The van der Waals surface area contributed by atoms with Crippen molar-refractivity contribution in [1.29, 1.82) is 0 Å². The Morgan fingerprint density at radius 3 is 2.81 bits per heavy atom. The summed E-state index contributed by atoms with van der Waals surface area (Å²) in [5.74, 6) is 0.404. The smallest absolute Gasteiger partial charge is 0.335 e. The van der Waals surface area contributed by atoms with Crippen molar-refractivity contribution in [2.75, 3.05) is 5.32 Å². The molecule has 0 saturated carbocycles. The van der Waals surface area contributed by atoms with E-state index in [1.807, 2.05) is 11.3 Å². The summed E-state index contributed by atoms with van der Waals surface area (Å²) in [6, 6.07) is 5.03. The number of hydrogen-bond acceptors (Lipinski definition) is 5. The summed E-state index contributed by atoms with van der Waals surface area (Å²) < 4.78 is 1.83. The van der Waals surface area contributed by atoms with Crippen molar-refractivity contribution >= 4 is 23.1 Å². The van der Waals surface area contributed by atoms with Gasteiger partial charge in [0, 0.05) is 18.1 Å². The average Bonchev–Trinajstić information content (AvgIpc) is 2.81. The Morgan fingerprint density at radius 1 is 1.29 bits per heavy atom. The number of hydrogen-bond donors (Lipinski definition) is 2. The first-order valence-corrected chi connectivity index (χ1v) is 6.33. The van der Waals surface area contributed by atoms with E-state index in [1.54, 1.807) is 37.5 Å². The van der Waals surface area contributed by atoms with Crippen molar-refractivity contribution < 1.29 is 9.90 Å². The molecule has 7 heteroatoms. The third-order valence-corrected chi connectivity index (χ3v) is 3.22. The number of nitrogens with zero attached hydrogens (tertiary/aromatic N) is 4. The lowest BCUT2D eigenvalue weighted by Crippen LogP contribution is -2.02. The molecule has 0 bridgehead atoms. The van der Waals surface area contributed by atoms with Crippen LogP contribution in [0.25, 0.3) is 5.65 Å². The molecule has 2 aromatic heterocycles. The summed E-state index contributed by atoms with van der Waals surface area (Å²) in [6.45, 7) is 3.61. The summed E-state index contributed by atoms with van der Waals surface area (Å²) >= 11 is 0. The Bertz CT molecular complexity index is 840. The van der Waals surface area contributed by atoms with Gasteiger partial charge in [0.2, 0.25) is 5.65 Å². The predicted octanol–water partition coefficient (Wildman–Crippen LogP) is 2.18. The minimum absolute atomic E-state index is 0.282. The highest BCUT2D eigenvalue weighted by molar-refractivity contribution is 5.90. The van der Waals surface area contributed by atoms with Crippen LogP contribution in [0.15, 0.2) is 30.6 Å². The number of aryl methyl sites for hydroxylation is 2. The second-order valence-electron chi connectivity index (χ2n) is 4.68. The van der Waals surface area contributed by atoms with E-state index in [0.29, 0.717) is 17.0 Å². The van der Waals surface area contributed by atoms with Crippen LogP contribution in [0, 0.1) is 13.8 Å². The van der Waals surface area contributed by atoms with E-state index in [2.05, 4.69) is 20.5 Å². The maximum atomic E-state index is 11.0. The summed E-state index contributed by atoms with van der Waals surface area (Å²) in [5, 5.41) is 20.3. The number of carboxylic acid groups (broad SMARTS) is 1. The highest BCUT2D eigenvalue weighted by Crippen LogP contribution is 2.21. The number of benzene rings is 1. The highest BCUT2D eigenvalue weighted by Gasteiger charge is 2.10. The van der Waals surface area contributed by atoms with Gasteiger partial charge in [-0.2, -0.15) is 0 Å². The first kappa shape index (κ1) is 13.0. The van der Waals surface area contributed by atoms with Crippen LogP contribution in [0.1, 0.15) is 21.7 Å². The van der Waals surface area contributed by atoms with Crippen molar-refractivity contribution in [3.8, 4) is 0 Å². The quantitative estimate of drug-likeness (QED) is 0.765. The van der Waals surface area contributed by atoms with Crippen molar-refractivity contribution in [2.45, 2.75) is 13.8 Å². The molecule has 0 aliphatic heterocycles. The first-order valence-electron chi connectivity index (χ1n) is 6.33. The second-order valence-corrected chi connectivity index (χ2v) is 4.68. The largest absolute Gasteiger partial charge is 0.478 e. The van der Waals surface area contributed by atoms with E-state index >= 15 is 0 Å². The van der Waals surface area contributed by atoms with E-state index in [9.17, 15) is 4.79 Å². The molecule has 0 aliphatic carbocycles. The maximum absolute atomic E-state index is 11.0. The van der Waals surface area contributed by atoms with Crippen molar-refractivity contribution in [2.24, 2.45) is 0 Å². The third-order valence-electron chi connectivity index (χ3n) is 3.22. The van der Waals surface area contributed by atoms with E-state index in [1.165, 1.54) is 0 Å². The Morgan fingerprint density at radius 2 is 2.10 bits per heavy atom. The van der Waals surface area contributed by atoms with Gasteiger partial charge < -0.3 is 10.4 Å². The number of rotatable bonds is 3. The number of nitrogens with one attached hydrogen (secondary N) is 1. The number of carboxylic acids is 1. The molecule has 0 atom stereocenters. The fraction of sp³-hybridized carbons (Fsp3) is 0.143. The van der Waals surface area contributed by atoms with Gasteiger partial charge in [0.25, 0.3) is 0 Å². The minimum atomic E-state index is -0.938. The molecule has 0 spiro atoms. The first-order chi connectivity index (χ1) is 10.1. The van der Waals surface area contributed by atoms with Gasteiger partial charge in [0.15, 0.2) is 5.82 Å². The molecule has 0 amide bonds. The van der Waals surface area contributed by atoms with Crippen molar-refractivity contribution in [1.82, 2.24) is 19.6 Å². The lowest BCUT2D eigenvalue weighted by molar-refractivity contribution is 0.0696. The van der Waals surface area contributed by atoms with Gasteiger partial charge in [-0.15, -0.1) is 10.2 Å². The summed E-state index contributed by atoms with van der Waals surface area (Å²) in [5.41, 5.74) is 2.33. The molecule has 21 heavy (non-hydrogen) atoms. The van der Waals surface area contributed by atoms with Crippen LogP contribution in [0.3, 0.4) is 0 Å². The zero-order valence-electron chi connectivity index (χ0n) is 11.5. The van der Waals surface area contributed by atoms with Gasteiger partial charge in [0.1, 0.15) is 5.82 Å². The molecule has 0 radical (unpaired) electrons. The number of fused-ring (bicyclic) bond motifs is 1. The number of carbonyl (C=O) groups is 1. The Balaban J connectivity index is 1.99. The van der Waals surface area contributed by atoms with Gasteiger partial charge >= 0.3 is 5.97 Å². The molecule has 0 fully saturated rings. The lowest BCUT2D eigenvalue weighted by Gasteiger charge is -2.08. The molecule has 0 unspecified atom stereocenters. The Kier molecular flexibility index (Phi) is 3.02. The maximum Gasteiger partial charge on any atom is 0.335 e. The zero-order valence-corrected chi connectivity index (χ0v) is 11.5. The van der Waals surface area contributed by atoms with E-state index in [-0.39, 0.29) is 5.56 Å². The van der Waals surface area contributed by atoms with Crippen LogP contribution in [-0.4, -0.2) is 30.7 Å². The van der Waals surface area contributed by atoms with Gasteiger partial charge in [0.05, 0.1) is 5.56 Å². The average molecular weight is 283 g/mol. The summed E-state index contributed by atoms with van der Waals surface area (Å²) in [4.78, 5) is 15.3. The summed E-state index contributed by atoms with van der Waals surface area (Å²) in [6.07, 6.45) is 3.44. The van der Waals surface area contributed by atoms with Crippen LogP contribution in [0.4, 0.5) is 11.5 Å². The number of anilines is 2. The Hall–Kier alpha value is -2.96. The molecule has 3 aromatic rings. The molecule has 0 aliphatic rings. The molecule has 1 aromatic carbocycles. The fourth-order valence-electron chi connectivity index (χ4n) is 2.15. The molecule has 2 heterocycles. The molecule has 2 N–H and O–H groups in total. The van der Waals surface area contributed by atoms with Crippen molar-refractivity contribution in [3.63, 3.8) is 0 Å². The van der Waals surface area contributed by atoms with E-state index in [4.69, 9.17) is 5.11 Å². The molecule has 106 valence electrons. The molecular weight excluding hydrogens is 270 g/mol. The summed E-state index contributed by atoms with van der Waals surface area (Å²) in [7, 11) is 0. The predicted molar refractivity (Wildman–Crippen MR) is 76.9 cm³/mol. The van der Waals surface area contributed by atoms with Gasteiger partial charge in [-0.1, -0.05) is 0 Å². The van der Waals surface area contributed by atoms with Crippen molar-refractivity contribution in [3.05, 3.63) is 47.5 Å². The standard InChI is InChI=1S/C14H13N5O2/c1-8-7-10(3-4-11(8)14(20)21)16-12-13-18-17-9(2)19(13)6-5-15-12/h3-7H,1-2H3,(H,15,16)(H,20,21). The van der Waals surface area contributed by atoms with Crippen LogP contribution < -0.4 is 5.32 Å². The highest BCUT2D eigenvalue weighted by atomic mass is 16.4. The van der Waals surface area contributed by atoms with Crippen LogP contribution in [-0.2, 0) is 0 Å². The second kappa shape index (κ2) is 4.86. The molecule has 0 saturated heterocycles. The van der Waals surface area contributed by atoms with Crippen LogP contribution in [0.5, 0.6) is 0 Å². The number of aromatic nitrogens is 4. The topological polar surface area (TPSA) is 92.4 Å². The van der Waals surface area contributed by atoms with Gasteiger partial charge in [-0.3, -0.25) is 4.40 Å². The fourth-order valence-corrected chi connectivity index (χ4v) is 2.15.